The molecule has 2 aromatic rings. The predicted octanol–water partition coefficient (Wildman–Crippen LogP) is 1.42. The number of aliphatic hydroxyl groups excluding tert-OH is 1. The van der Waals surface area contributed by atoms with Gasteiger partial charge in [-0.2, -0.15) is 0 Å². The van der Waals surface area contributed by atoms with Gasteiger partial charge in [-0.15, -0.1) is 11.3 Å². The molecule has 0 amide bonds. The molecule has 2 N–H and O–H groups in total. The molecule has 0 aliphatic rings. The first-order chi connectivity index (χ1) is 9.01. The van der Waals surface area contributed by atoms with Crippen LogP contribution in [0.2, 0.25) is 0 Å². The number of aliphatic hydroxyl groups is 1. The predicted molar refractivity (Wildman–Crippen MR) is 73.2 cm³/mol. The summed E-state index contributed by atoms with van der Waals surface area (Å²) in [6, 6.07) is 7.10. The lowest BCUT2D eigenvalue weighted by Crippen LogP contribution is -2.22. The number of benzene rings is 1. The summed E-state index contributed by atoms with van der Waals surface area (Å²) in [5, 5.41) is 9.64. The van der Waals surface area contributed by atoms with Crippen molar-refractivity contribution in [2.45, 2.75) is 24.3 Å². The van der Waals surface area contributed by atoms with Gasteiger partial charge in [-0.05, 0) is 18.1 Å². The Morgan fingerprint density at radius 2 is 1.89 bits per heavy atom. The van der Waals surface area contributed by atoms with Crippen molar-refractivity contribution in [1.82, 2.24) is 9.71 Å². The Morgan fingerprint density at radius 3 is 2.42 bits per heavy atom. The minimum Gasteiger partial charge on any atom is -0.392 e. The zero-order chi connectivity index (χ0) is 13.9. The highest BCUT2D eigenvalue weighted by molar-refractivity contribution is 7.91. The van der Waals surface area contributed by atoms with E-state index in [1.807, 2.05) is 0 Å². The average Bonchev–Trinajstić information content (AvgIpc) is 2.85. The smallest absolute Gasteiger partial charge is 0.251 e. The molecule has 102 valence electrons. The maximum absolute atomic E-state index is 12.0. The lowest BCUT2D eigenvalue weighted by molar-refractivity contribution is 0.282. The van der Waals surface area contributed by atoms with Crippen LogP contribution < -0.4 is 4.72 Å². The topological polar surface area (TPSA) is 79.3 Å². The fourth-order valence-corrected chi connectivity index (χ4v) is 3.65. The lowest BCUT2D eigenvalue weighted by Gasteiger charge is -2.05. The highest BCUT2D eigenvalue weighted by Crippen LogP contribution is 2.17. The molecule has 2 rings (SSSR count). The number of rotatable bonds is 5. The number of aromatic nitrogens is 1. The minimum atomic E-state index is -3.50. The number of thiazole rings is 1. The Morgan fingerprint density at radius 1 is 1.26 bits per heavy atom. The second-order valence-electron chi connectivity index (χ2n) is 4.00. The van der Waals surface area contributed by atoms with Gasteiger partial charge in [0, 0.05) is 6.54 Å². The third-order valence-electron chi connectivity index (χ3n) is 2.54. The molecule has 0 atom stereocenters. The number of aryl methyl sites for hydroxylation is 1. The van der Waals surface area contributed by atoms with E-state index in [9.17, 15) is 8.42 Å². The van der Waals surface area contributed by atoms with Crippen LogP contribution in [0, 0.1) is 6.92 Å². The Labute approximate surface area is 116 Å². The molecule has 0 aliphatic heterocycles. The molecule has 0 fully saturated rings. The van der Waals surface area contributed by atoms with Crippen molar-refractivity contribution in [1.29, 1.82) is 0 Å². The highest BCUT2D eigenvalue weighted by atomic mass is 32.2. The van der Waals surface area contributed by atoms with Gasteiger partial charge in [0.1, 0.15) is 0 Å². The van der Waals surface area contributed by atoms with Gasteiger partial charge in [-0.1, -0.05) is 24.3 Å². The molecule has 0 radical (unpaired) electrons. The number of sulfonamides is 1. The second kappa shape index (κ2) is 5.79. The summed E-state index contributed by atoms with van der Waals surface area (Å²) in [4.78, 5) is 3.93. The van der Waals surface area contributed by atoms with Crippen molar-refractivity contribution in [2.24, 2.45) is 0 Å². The molecule has 0 spiro atoms. The van der Waals surface area contributed by atoms with Crippen molar-refractivity contribution in [2.75, 3.05) is 0 Å². The molecular formula is C12H14N2O3S2. The molecule has 0 unspecified atom stereocenters. The molecule has 0 saturated heterocycles. The third-order valence-corrected chi connectivity index (χ3v) is 5.31. The fourth-order valence-electron chi connectivity index (χ4n) is 1.48. The molecule has 5 nitrogen and oxygen atoms in total. The van der Waals surface area contributed by atoms with Crippen LogP contribution in [0.25, 0.3) is 0 Å². The fraction of sp³-hybridized carbons (Fsp3) is 0.250. The van der Waals surface area contributed by atoms with E-state index in [4.69, 9.17) is 5.11 Å². The Kier molecular flexibility index (Phi) is 4.31. The van der Waals surface area contributed by atoms with Crippen LogP contribution in [0.3, 0.4) is 0 Å². The average molecular weight is 298 g/mol. The van der Waals surface area contributed by atoms with Crippen LogP contribution in [0.5, 0.6) is 0 Å². The van der Waals surface area contributed by atoms with Gasteiger partial charge in [0.15, 0.2) is 4.21 Å². The monoisotopic (exact) mass is 298 g/mol. The third kappa shape index (κ3) is 3.60. The summed E-state index contributed by atoms with van der Waals surface area (Å²) in [5.41, 5.74) is 1.63. The largest absolute Gasteiger partial charge is 0.392 e. The van der Waals surface area contributed by atoms with E-state index in [2.05, 4.69) is 9.71 Å². The zero-order valence-corrected chi connectivity index (χ0v) is 12.0. The van der Waals surface area contributed by atoms with E-state index in [1.165, 1.54) is 6.20 Å². The van der Waals surface area contributed by atoms with Gasteiger partial charge in [-0.3, -0.25) is 0 Å². The van der Waals surface area contributed by atoms with Crippen LogP contribution in [0.15, 0.2) is 34.7 Å². The van der Waals surface area contributed by atoms with Crippen LogP contribution in [-0.2, 0) is 23.2 Å². The maximum atomic E-state index is 12.0. The van der Waals surface area contributed by atoms with E-state index in [-0.39, 0.29) is 17.4 Å². The van der Waals surface area contributed by atoms with E-state index >= 15 is 0 Å². The van der Waals surface area contributed by atoms with Gasteiger partial charge in [0.25, 0.3) is 10.0 Å². The first kappa shape index (κ1) is 14.1. The summed E-state index contributed by atoms with van der Waals surface area (Å²) >= 11 is 1.14. The number of hydrogen-bond acceptors (Lipinski definition) is 5. The first-order valence-corrected chi connectivity index (χ1v) is 7.92. The van der Waals surface area contributed by atoms with E-state index in [0.717, 1.165) is 22.5 Å². The van der Waals surface area contributed by atoms with Crippen LogP contribution in [-0.4, -0.2) is 18.5 Å². The van der Waals surface area contributed by atoms with Crippen LogP contribution >= 0.6 is 11.3 Å². The summed E-state index contributed by atoms with van der Waals surface area (Å²) in [6.07, 6.45) is 1.36. The van der Waals surface area contributed by atoms with Gasteiger partial charge < -0.3 is 5.11 Å². The SMILES string of the molecule is Cc1ncc(S(=O)(=O)NCc2ccc(CO)cc2)s1. The minimum absolute atomic E-state index is 0.0217. The molecule has 0 saturated carbocycles. The van der Waals surface area contributed by atoms with Crippen molar-refractivity contribution >= 4 is 21.4 Å². The molecule has 7 heteroatoms. The second-order valence-corrected chi connectivity index (χ2v) is 7.23. The van der Waals surface area contributed by atoms with Crippen molar-refractivity contribution < 1.29 is 13.5 Å². The van der Waals surface area contributed by atoms with Gasteiger partial charge in [0.2, 0.25) is 0 Å². The molecule has 1 heterocycles. The molecule has 1 aromatic heterocycles. The molecule has 19 heavy (non-hydrogen) atoms. The van der Waals surface area contributed by atoms with Gasteiger partial charge >= 0.3 is 0 Å². The number of hydrogen-bond donors (Lipinski definition) is 2. The number of nitrogens with one attached hydrogen (secondary N) is 1. The van der Waals surface area contributed by atoms with Crippen LogP contribution in [0.4, 0.5) is 0 Å². The normalized spacial score (nSPS) is 11.7. The standard InChI is InChI=1S/C12H14N2O3S2/c1-9-13-7-12(18-9)19(16,17)14-6-10-2-4-11(8-15)5-3-10/h2-5,7,14-15H,6,8H2,1H3. The summed E-state index contributed by atoms with van der Waals surface area (Å²) in [6.45, 7) is 1.95. The first-order valence-electron chi connectivity index (χ1n) is 5.62. The highest BCUT2D eigenvalue weighted by Gasteiger charge is 2.16. The molecule has 0 bridgehead atoms. The van der Waals surface area contributed by atoms with E-state index < -0.39 is 10.0 Å². The molecule has 0 aliphatic carbocycles. The number of nitrogens with zero attached hydrogens (tertiary/aromatic N) is 1. The lowest BCUT2D eigenvalue weighted by atomic mass is 10.1. The maximum Gasteiger partial charge on any atom is 0.251 e. The van der Waals surface area contributed by atoms with Gasteiger partial charge in [-0.25, -0.2) is 18.1 Å². The Bertz CT molecular complexity index is 648. The van der Waals surface area contributed by atoms with E-state index in [0.29, 0.717) is 5.01 Å². The zero-order valence-electron chi connectivity index (χ0n) is 10.3. The van der Waals surface area contributed by atoms with Crippen molar-refractivity contribution in [3.63, 3.8) is 0 Å². The van der Waals surface area contributed by atoms with E-state index in [1.54, 1.807) is 31.2 Å². The van der Waals surface area contributed by atoms with Crippen molar-refractivity contribution in [3.8, 4) is 0 Å². The summed E-state index contributed by atoms with van der Waals surface area (Å²) < 4.78 is 26.7. The van der Waals surface area contributed by atoms with Crippen LogP contribution in [0.1, 0.15) is 16.1 Å². The Balaban J connectivity index is 2.05. The molecule has 1 aromatic carbocycles. The quantitative estimate of drug-likeness (QED) is 0.875. The Hall–Kier alpha value is -1.28. The van der Waals surface area contributed by atoms with Gasteiger partial charge in [0.05, 0.1) is 17.8 Å². The summed E-state index contributed by atoms with van der Waals surface area (Å²) in [5.74, 6) is 0. The van der Waals surface area contributed by atoms with Crippen molar-refractivity contribution in [3.05, 3.63) is 46.6 Å². The summed E-state index contributed by atoms with van der Waals surface area (Å²) in [7, 11) is -3.50. The molecular weight excluding hydrogens is 284 g/mol.